The van der Waals surface area contributed by atoms with E-state index in [1.807, 2.05) is 38.1 Å². The van der Waals surface area contributed by atoms with E-state index in [0.29, 0.717) is 44.0 Å². The fraction of sp³-hybridized carbons (Fsp3) is 0.333. The van der Waals surface area contributed by atoms with Gasteiger partial charge in [-0.05, 0) is 54.4 Å². The van der Waals surface area contributed by atoms with Crippen LogP contribution in [0.5, 0.6) is 5.75 Å². The van der Waals surface area contributed by atoms with Crippen molar-refractivity contribution in [2.45, 2.75) is 20.0 Å². The maximum absolute atomic E-state index is 13.2. The second-order valence-corrected chi connectivity index (χ2v) is 10.0. The van der Waals surface area contributed by atoms with E-state index in [9.17, 15) is 22.8 Å². The lowest BCUT2D eigenvalue weighted by molar-refractivity contribution is -0.137. The molecule has 10 heteroatoms. The van der Waals surface area contributed by atoms with Crippen molar-refractivity contribution >= 4 is 28.9 Å². The summed E-state index contributed by atoms with van der Waals surface area (Å²) in [6.45, 7) is 7.18. The van der Waals surface area contributed by atoms with E-state index in [0.717, 1.165) is 29.3 Å². The molecule has 212 valence electrons. The molecule has 1 saturated heterocycles. The van der Waals surface area contributed by atoms with Crippen molar-refractivity contribution in [2.24, 2.45) is 5.92 Å². The van der Waals surface area contributed by atoms with Crippen LogP contribution in [-0.4, -0.2) is 51.6 Å². The average Bonchev–Trinajstić information content (AvgIpc) is 2.95. The quantitative estimate of drug-likeness (QED) is 0.375. The van der Waals surface area contributed by atoms with Gasteiger partial charge in [0.2, 0.25) is 0 Å². The summed E-state index contributed by atoms with van der Waals surface area (Å²) in [4.78, 5) is 30.4. The predicted octanol–water partition coefficient (Wildman–Crippen LogP) is 5.68. The highest BCUT2D eigenvalue weighted by molar-refractivity contribution is 6.06. The first-order chi connectivity index (χ1) is 19.1. The van der Waals surface area contributed by atoms with Crippen molar-refractivity contribution in [1.82, 2.24) is 5.32 Å². The van der Waals surface area contributed by atoms with E-state index in [1.165, 1.54) is 12.1 Å². The summed E-state index contributed by atoms with van der Waals surface area (Å²) in [6.07, 6.45) is -4.56. The third kappa shape index (κ3) is 6.86. The highest BCUT2D eigenvalue weighted by Crippen LogP contribution is 2.32. The number of carbonyl (C=O) groups is 2. The van der Waals surface area contributed by atoms with Crippen molar-refractivity contribution in [2.75, 3.05) is 55.0 Å². The van der Waals surface area contributed by atoms with Crippen LogP contribution < -0.4 is 25.2 Å². The number of carbonyl (C=O) groups excluding carboxylic acids is 2. The van der Waals surface area contributed by atoms with Crippen LogP contribution in [-0.2, 0) is 6.18 Å². The van der Waals surface area contributed by atoms with Gasteiger partial charge in [-0.1, -0.05) is 32.0 Å². The van der Waals surface area contributed by atoms with Crippen molar-refractivity contribution in [3.05, 3.63) is 83.4 Å². The number of nitrogens with one attached hydrogen (secondary N) is 2. The molecule has 40 heavy (non-hydrogen) atoms. The van der Waals surface area contributed by atoms with Crippen LogP contribution in [0, 0.1) is 5.92 Å². The number of ether oxygens (including phenoxy) is 1. The zero-order valence-electron chi connectivity index (χ0n) is 22.7. The largest absolute Gasteiger partial charge is 0.495 e. The minimum atomic E-state index is -4.56. The molecule has 0 atom stereocenters. The molecule has 1 aliphatic heterocycles. The molecule has 0 aromatic heterocycles. The standard InChI is InChI=1S/C30H33F3N4O3/c1-20(2)19-34-29(39)24-18-23(35-28(38)21-7-6-8-22(17-21)30(31,32)33)11-12-25(24)36-13-15-37(16-14-36)26-9-4-5-10-27(26)40-3/h4-12,17-18,20H,13-16,19H2,1-3H3,(H,34,39)(H,35,38). The third-order valence-electron chi connectivity index (χ3n) is 6.67. The fourth-order valence-electron chi connectivity index (χ4n) is 4.58. The van der Waals surface area contributed by atoms with Crippen LogP contribution in [0.3, 0.4) is 0 Å². The fourth-order valence-corrected chi connectivity index (χ4v) is 4.58. The highest BCUT2D eigenvalue weighted by atomic mass is 19.4. The van der Waals surface area contributed by atoms with Crippen LogP contribution in [0.25, 0.3) is 0 Å². The monoisotopic (exact) mass is 554 g/mol. The Morgan fingerprint density at radius 1 is 0.875 bits per heavy atom. The number of piperazine rings is 1. The van der Waals surface area contributed by atoms with E-state index in [4.69, 9.17) is 4.74 Å². The van der Waals surface area contributed by atoms with Gasteiger partial charge in [-0.3, -0.25) is 9.59 Å². The molecular weight excluding hydrogens is 521 g/mol. The van der Waals surface area contributed by atoms with Crippen LogP contribution in [0.1, 0.15) is 40.1 Å². The number of alkyl halides is 3. The average molecular weight is 555 g/mol. The molecule has 7 nitrogen and oxygen atoms in total. The lowest BCUT2D eigenvalue weighted by Gasteiger charge is -2.38. The molecule has 1 fully saturated rings. The number of amides is 2. The number of halogens is 3. The van der Waals surface area contributed by atoms with Gasteiger partial charge in [-0.2, -0.15) is 13.2 Å². The summed E-state index contributed by atoms with van der Waals surface area (Å²) in [5, 5.41) is 5.58. The Bertz CT molecular complexity index is 1350. The molecule has 3 aromatic rings. The van der Waals surface area contributed by atoms with Crippen molar-refractivity contribution in [3.8, 4) is 5.75 Å². The normalized spacial score (nSPS) is 13.8. The van der Waals surface area contributed by atoms with Gasteiger partial charge < -0.3 is 25.2 Å². The van der Waals surface area contributed by atoms with E-state index in [-0.39, 0.29) is 17.4 Å². The number of para-hydroxylation sites is 2. The maximum atomic E-state index is 13.2. The number of methoxy groups -OCH3 is 1. The summed E-state index contributed by atoms with van der Waals surface area (Å²) in [5.41, 5.74) is 1.39. The lowest BCUT2D eigenvalue weighted by Crippen LogP contribution is -2.47. The third-order valence-corrected chi connectivity index (χ3v) is 6.67. The van der Waals surface area contributed by atoms with Gasteiger partial charge >= 0.3 is 6.18 Å². The van der Waals surface area contributed by atoms with Crippen molar-refractivity contribution in [1.29, 1.82) is 0 Å². The smallest absolute Gasteiger partial charge is 0.416 e. The van der Waals surface area contributed by atoms with E-state index in [1.54, 1.807) is 25.3 Å². The summed E-state index contributed by atoms with van der Waals surface area (Å²) >= 11 is 0. The second kappa shape index (κ2) is 12.3. The first kappa shape index (κ1) is 28.8. The molecule has 0 radical (unpaired) electrons. The highest BCUT2D eigenvalue weighted by Gasteiger charge is 2.31. The molecule has 0 unspecified atom stereocenters. The Kier molecular flexibility index (Phi) is 8.86. The molecule has 3 aromatic carbocycles. The Balaban J connectivity index is 1.55. The molecule has 0 saturated carbocycles. The van der Waals surface area contributed by atoms with Gasteiger partial charge in [0.1, 0.15) is 5.75 Å². The Hall–Kier alpha value is -4.21. The summed E-state index contributed by atoms with van der Waals surface area (Å²) in [6, 6.07) is 17.1. The van der Waals surface area contributed by atoms with Crippen LogP contribution in [0.2, 0.25) is 0 Å². The Morgan fingerprint density at radius 2 is 1.55 bits per heavy atom. The first-order valence-corrected chi connectivity index (χ1v) is 13.1. The number of hydrogen-bond donors (Lipinski definition) is 2. The first-order valence-electron chi connectivity index (χ1n) is 13.1. The summed E-state index contributed by atoms with van der Waals surface area (Å²) < 4.78 is 44.9. The molecule has 2 amide bonds. The van der Waals surface area contributed by atoms with E-state index < -0.39 is 17.6 Å². The Labute approximate surface area is 231 Å². The van der Waals surface area contributed by atoms with Crippen LogP contribution in [0.4, 0.5) is 30.2 Å². The predicted molar refractivity (Wildman–Crippen MR) is 150 cm³/mol. The topological polar surface area (TPSA) is 73.9 Å². The molecule has 4 rings (SSSR count). The molecule has 2 N–H and O–H groups in total. The molecule has 1 heterocycles. The van der Waals surface area contributed by atoms with E-state index in [2.05, 4.69) is 20.4 Å². The number of benzene rings is 3. The van der Waals surface area contributed by atoms with Gasteiger partial charge in [-0.25, -0.2) is 0 Å². The van der Waals surface area contributed by atoms with Crippen LogP contribution >= 0.6 is 0 Å². The molecule has 0 aliphatic carbocycles. The molecule has 1 aliphatic rings. The molecule has 0 bridgehead atoms. The van der Waals surface area contributed by atoms with Gasteiger partial charge in [0.05, 0.1) is 23.9 Å². The zero-order chi connectivity index (χ0) is 28.9. The Morgan fingerprint density at radius 3 is 2.20 bits per heavy atom. The SMILES string of the molecule is COc1ccccc1N1CCN(c2ccc(NC(=O)c3cccc(C(F)(F)F)c3)cc2C(=O)NCC(C)C)CC1. The minimum Gasteiger partial charge on any atom is -0.495 e. The maximum Gasteiger partial charge on any atom is 0.416 e. The van der Waals surface area contributed by atoms with Gasteiger partial charge in [0.15, 0.2) is 0 Å². The second-order valence-electron chi connectivity index (χ2n) is 10.0. The van der Waals surface area contributed by atoms with Gasteiger partial charge in [-0.15, -0.1) is 0 Å². The van der Waals surface area contributed by atoms with Gasteiger partial charge in [0, 0.05) is 49.7 Å². The number of anilines is 3. The van der Waals surface area contributed by atoms with Gasteiger partial charge in [0.25, 0.3) is 11.8 Å². The number of hydrogen-bond acceptors (Lipinski definition) is 5. The molecule has 0 spiro atoms. The van der Waals surface area contributed by atoms with Crippen molar-refractivity contribution in [3.63, 3.8) is 0 Å². The summed E-state index contributed by atoms with van der Waals surface area (Å²) in [5.74, 6) is 0.0509. The molecular formula is C30H33F3N4O3. The zero-order valence-corrected chi connectivity index (χ0v) is 22.7. The van der Waals surface area contributed by atoms with E-state index >= 15 is 0 Å². The summed E-state index contributed by atoms with van der Waals surface area (Å²) in [7, 11) is 1.64. The minimum absolute atomic E-state index is 0.128. The number of nitrogens with zero attached hydrogens (tertiary/aromatic N) is 2. The lowest BCUT2D eigenvalue weighted by atomic mass is 10.1. The van der Waals surface area contributed by atoms with Crippen LogP contribution in [0.15, 0.2) is 66.7 Å². The van der Waals surface area contributed by atoms with Crippen molar-refractivity contribution < 1.29 is 27.5 Å². The number of rotatable bonds is 8.